The molecule has 0 saturated carbocycles. The van der Waals surface area contributed by atoms with E-state index in [9.17, 15) is 4.79 Å². The molecule has 0 aliphatic carbocycles. The van der Waals surface area contributed by atoms with Crippen molar-refractivity contribution in [2.24, 2.45) is 0 Å². The van der Waals surface area contributed by atoms with Crippen LogP contribution in [0.25, 0.3) is 10.9 Å². The molecule has 19 heavy (non-hydrogen) atoms. The van der Waals surface area contributed by atoms with Gasteiger partial charge >= 0.3 is 6.09 Å². The zero-order valence-electron chi connectivity index (χ0n) is 10.9. The molecule has 0 aliphatic rings. The number of ether oxygens (including phenoxy) is 1. The summed E-state index contributed by atoms with van der Waals surface area (Å²) < 4.78 is 6.60. The minimum Gasteiger partial charge on any atom is -0.442 e. The van der Waals surface area contributed by atoms with Crippen LogP contribution >= 0.6 is 27.5 Å². The van der Waals surface area contributed by atoms with Gasteiger partial charge < -0.3 is 4.74 Å². The highest BCUT2D eigenvalue weighted by atomic mass is 79.9. The predicted molar refractivity (Wildman–Crippen MR) is 79.0 cm³/mol. The number of rotatable bonds is 1. The van der Waals surface area contributed by atoms with Crippen LogP contribution < -0.4 is 0 Å². The van der Waals surface area contributed by atoms with E-state index in [-0.39, 0.29) is 0 Å². The van der Waals surface area contributed by atoms with E-state index in [1.165, 1.54) is 4.68 Å². The van der Waals surface area contributed by atoms with Crippen molar-refractivity contribution < 1.29 is 9.53 Å². The Morgan fingerprint density at radius 3 is 2.74 bits per heavy atom. The second-order valence-electron chi connectivity index (χ2n) is 5.13. The Hall–Kier alpha value is -1.07. The Balaban J connectivity index is 2.52. The number of hydrogen-bond donors (Lipinski definition) is 0. The van der Waals surface area contributed by atoms with Gasteiger partial charge in [-0.3, -0.25) is 0 Å². The van der Waals surface area contributed by atoms with Crippen LogP contribution in [-0.4, -0.2) is 21.5 Å². The van der Waals surface area contributed by atoms with E-state index in [1.807, 2.05) is 20.8 Å². The quantitative estimate of drug-likeness (QED) is 0.721. The first kappa shape index (κ1) is 14.3. The Bertz CT molecular complexity index is 631. The fourth-order valence-electron chi connectivity index (χ4n) is 1.70. The van der Waals surface area contributed by atoms with E-state index in [2.05, 4.69) is 21.0 Å². The number of benzene rings is 1. The van der Waals surface area contributed by atoms with Gasteiger partial charge in [-0.1, -0.05) is 27.5 Å². The summed E-state index contributed by atoms with van der Waals surface area (Å²) in [6, 6.07) is 5.28. The summed E-state index contributed by atoms with van der Waals surface area (Å²) in [5.41, 5.74) is 0.882. The van der Waals surface area contributed by atoms with Gasteiger partial charge in [-0.05, 0) is 39.0 Å². The number of aromatic nitrogens is 2. The number of halogens is 2. The van der Waals surface area contributed by atoms with Gasteiger partial charge in [0.2, 0.25) is 0 Å². The van der Waals surface area contributed by atoms with Crippen LogP contribution in [-0.2, 0) is 10.1 Å². The molecule has 6 heteroatoms. The minimum atomic E-state index is -0.559. The Morgan fingerprint density at radius 1 is 1.47 bits per heavy atom. The first-order valence-electron chi connectivity index (χ1n) is 5.78. The van der Waals surface area contributed by atoms with E-state index in [0.29, 0.717) is 15.9 Å². The van der Waals surface area contributed by atoms with Gasteiger partial charge in [0.1, 0.15) is 5.60 Å². The molecule has 0 fully saturated rings. The van der Waals surface area contributed by atoms with E-state index in [1.54, 1.807) is 18.2 Å². The summed E-state index contributed by atoms with van der Waals surface area (Å²) in [6.45, 7) is 5.45. The molecule has 102 valence electrons. The number of fused-ring (bicyclic) bond motifs is 1. The lowest BCUT2D eigenvalue weighted by Gasteiger charge is -2.19. The van der Waals surface area contributed by atoms with Crippen LogP contribution in [0.5, 0.6) is 0 Å². The Kier molecular flexibility index (Phi) is 3.87. The lowest BCUT2D eigenvalue weighted by molar-refractivity contribution is 0.0522. The average molecular weight is 346 g/mol. The summed E-state index contributed by atoms with van der Waals surface area (Å²) >= 11 is 9.33. The molecule has 1 aromatic heterocycles. The summed E-state index contributed by atoms with van der Waals surface area (Å²) in [7, 11) is 0. The van der Waals surface area contributed by atoms with Crippen LogP contribution in [0.15, 0.2) is 18.2 Å². The average Bonchev–Trinajstić information content (AvgIpc) is 2.64. The maximum Gasteiger partial charge on any atom is 0.435 e. The van der Waals surface area contributed by atoms with Crippen LogP contribution in [0.3, 0.4) is 0 Å². The number of carbonyl (C=O) groups is 1. The molecule has 0 saturated heterocycles. The van der Waals surface area contributed by atoms with Crippen LogP contribution in [0, 0.1) is 0 Å². The van der Waals surface area contributed by atoms with Crippen molar-refractivity contribution in [1.29, 1.82) is 0 Å². The van der Waals surface area contributed by atoms with E-state index in [0.717, 1.165) is 11.1 Å². The molecule has 0 radical (unpaired) electrons. The zero-order chi connectivity index (χ0) is 14.2. The lowest BCUT2D eigenvalue weighted by Crippen LogP contribution is -2.27. The van der Waals surface area contributed by atoms with Crippen molar-refractivity contribution in [3.05, 3.63) is 28.9 Å². The van der Waals surface area contributed by atoms with Gasteiger partial charge in [0.25, 0.3) is 0 Å². The van der Waals surface area contributed by atoms with E-state index in [4.69, 9.17) is 16.3 Å². The van der Waals surface area contributed by atoms with Gasteiger partial charge in [-0.25, -0.2) is 4.79 Å². The summed E-state index contributed by atoms with van der Waals surface area (Å²) in [5, 5.41) is 6.26. The predicted octanol–water partition coefficient (Wildman–Crippen LogP) is 4.37. The van der Waals surface area contributed by atoms with Crippen molar-refractivity contribution in [2.45, 2.75) is 31.7 Å². The SMILES string of the molecule is CC(C)(C)OC(=O)n1nc(CBr)c2cc(Cl)ccc21. The van der Waals surface area contributed by atoms with E-state index >= 15 is 0 Å². The standard InChI is InChI=1S/C13H14BrClN2O2/c1-13(2,3)19-12(18)17-11-5-4-8(15)6-9(11)10(7-14)16-17/h4-6H,7H2,1-3H3. The zero-order valence-corrected chi connectivity index (χ0v) is 13.2. The molecule has 2 aromatic rings. The summed E-state index contributed by atoms with van der Waals surface area (Å²) in [6.07, 6.45) is -0.493. The molecule has 0 spiro atoms. The van der Waals surface area contributed by atoms with Crippen LogP contribution in [0.1, 0.15) is 26.5 Å². The third-order valence-corrected chi connectivity index (χ3v) is 3.18. The third-order valence-electron chi connectivity index (χ3n) is 2.41. The molecule has 0 amide bonds. The van der Waals surface area contributed by atoms with Crippen LogP contribution in [0.2, 0.25) is 5.02 Å². The number of carbonyl (C=O) groups excluding carboxylic acids is 1. The second-order valence-corrected chi connectivity index (χ2v) is 6.13. The molecular formula is C13H14BrClN2O2. The molecule has 0 N–H and O–H groups in total. The van der Waals surface area contributed by atoms with Crippen LogP contribution in [0.4, 0.5) is 4.79 Å². The molecule has 4 nitrogen and oxygen atoms in total. The van der Waals surface area contributed by atoms with Crippen molar-refractivity contribution >= 4 is 44.5 Å². The smallest absolute Gasteiger partial charge is 0.435 e. The highest BCUT2D eigenvalue weighted by Gasteiger charge is 2.21. The topological polar surface area (TPSA) is 44.1 Å². The number of nitrogens with zero attached hydrogens (tertiary/aromatic N) is 2. The fraction of sp³-hybridized carbons (Fsp3) is 0.385. The number of hydrogen-bond acceptors (Lipinski definition) is 3. The molecule has 1 heterocycles. The van der Waals surface area contributed by atoms with Gasteiger partial charge in [0.05, 0.1) is 11.2 Å². The molecule has 0 aliphatic heterocycles. The molecule has 0 atom stereocenters. The Labute approximate surface area is 124 Å². The Morgan fingerprint density at radius 2 is 2.16 bits per heavy atom. The maximum atomic E-state index is 12.1. The van der Waals surface area contributed by atoms with Gasteiger partial charge in [-0.2, -0.15) is 9.78 Å². The van der Waals surface area contributed by atoms with E-state index < -0.39 is 11.7 Å². The third kappa shape index (κ3) is 3.09. The summed E-state index contributed by atoms with van der Waals surface area (Å²) in [4.78, 5) is 12.1. The highest BCUT2D eigenvalue weighted by Crippen LogP contribution is 2.25. The second kappa shape index (κ2) is 5.13. The number of alkyl halides is 1. The van der Waals surface area contributed by atoms with Crippen molar-refractivity contribution in [2.75, 3.05) is 0 Å². The normalized spacial score (nSPS) is 11.8. The molecule has 1 aromatic carbocycles. The van der Waals surface area contributed by atoms with Crippen molar-refractivity contribution in [3.63, 3.8) is 0 Å². The van der Waals surface area contributed by atoms with Gasteiger partial charge in [-0.15, -0.1) is 0 Å². The fourth-order valence-corrected chi connectivity index (χ4v) is 2.28. The summed E-state index contributed by atoms with van der Waals surface area (Å²) in [5.74, 6) is 0. The minimum absolute atomic E-state index is 0.493. The molecule has 0 bridgehead atoms. The van der Waals surface area contributed by atoms with Gasteiger partial charge in [0.15, 0.2) is 0 Å². The van der Waals surface area contributed by atoms with Crippen molar-refractivity contribution in [3.8, 4) is 0 Å². The monoisotopic (exact) mass is 344 g/mol. The first-order chi connectivity index (χ1) is 8.81. The lowest BCUT2D eigenvalue weighted by atomic mass is 10.2. The maximum absolute atomic E-state index is 12.1. The van der Waals surface area contributed by atoms with Crippen molar-refractivity contribution in [1.82, 2.24) is 9.78 Å². The highest BCUT2D eigenvalue weighted by molar-refractivity contribution is 9.08. The molecular weight excluding hydrogens is 332 g/mol. The molecule has 0 unspecified atom stereocenters. The first-order valence-corrected chi connectivity index (χ1v) is 7.28. The molecule has 2 rings (SSSR count). The largest absolute Gasteiger partial charge is 0.442 e. The van der Waals surface area contributed by atoms with Gasteiger partial charge in [0, 0.05) is 15.7 Å².